The third kappa shape index (κ3) is 1.95. The Labute approximate surface area is 133 Å². The Balaban J connectivity index is 0.00000133. The van der Waals surface area contributed by atoms with E-state index < -0.39 is 0 Å². The summed E-state index contributed by atoms with van der Waals surface area (Å²) in [5.74, 6) is 0. The van der Waals surface area contributed by atoms with Crippen molar-refractivity contribution in [1.29, 1.82) is 0 Å². The van der Waals surface area contributed by atoms with Gasteiger partial charge in [0.05, 0.1) is 0 Å². The van der Waals surface area contributed by atoms with Crippen molar-refractivity contribution in [3.05, 3.63) is 42.0 Å². The zero-order chi connectivity index (χ0) is 12.9. The van der Waals surface area contributed by atoms with Crippen LogP contribution in [-0.4, -0.2) is 12.6 Å². The van der Waals surface area contributed by atoms with Crippen LogP contribution in [0.1, 0.15) is 33.3 Å². The summed E-state index contributed by atoms with van der Waals surface area (Å²) >= 11 is 0. The number of anilines is 1. The number of fused-ring (bicyclic) bond motifs is 3. The third-order valence-electron chi connectivity index (χ3n) is 4.71. The van der Waals surface area contributed by atoms with E-state index in [4.69, 9.17) is 0 Å². The van der Waals surface area contributed by atoms with Gasteiger partial charge in [0, 0.05) is 23.7 Å². The number of hydrogen-bond acceptors (Lipinski definition) is 1. The lowest BCUT2D eigenvalue weighted by Gasteiger charge is -2.30. The molecule has 1 atom stereocenters. The van der Waals surface area contributed by atoms with Crippen LogP contribution in [0.3, 0.4) is 0 Å². The highest BCUT2D eigenvalue weighted by Crippen LogP contribution is 2.48. The van der Waals surface area contributed by atoms with Crippen LogP contribution < -0.4 is 4.90 Å². The highest BCUT2D eigenvalue weighted by Gasteiger charge is 2.42. The number of benzene rings is 2. The molecule has 0 saturated carbocycles. The maximum atomic E-state index is 2.53. The van der Waals surface area contributed by atoms with Gasteiger partial charge in [-0.15, -0.1) is 24.0 Å². The predicted molar refractivity (Wildman–Crippen MR) is 94.9 cm³/mol. The summed E-state index contributed by atoms with van der Waals surface area (Å²) in [4.78, 5) is 2.53. The van der Waals surface area contributed by atoms with Crippen LogP contribution in [0, 0.1) is 0 Å². The molecule has 2 aromatic carbocycles. The minimum Gasteiger partial charge on any atom is -0.368 e. The second-order valence-electron chi connectivity index (χ2n) is 5.86. The fourth-order valence-electron chi connectivity index (χ4n) is 3.43. The highest BCUT2D eigenvalue weighted by atomic mass is 127. The van der Waals surface area contributed by atoms with E-state index in [1.54, 1.807) is 0 Å². The molecule has 19 heavy (non-hydrogen) atoms. The van der Waals surface area contributed by atoms with Gasteiger partial charge in [-0.1, -0.05) is 44.2 Å². The molecule has 0 bridgehead atoms. The van der Waals surface area contributed by atoms with Crippen LogP contribution in [-0.2, 0) is 5.41 Å². The molecule has 1 unspecified atom stereocenters. The molecule has 0 aromatic heterocycles. The first-order valence-corrected chi connectivity index (χ1v) is 6.86. The normalized spacial score (nSPS) is 20.2. The molecule has 0 aliphatic carbocycles. The average molecular weight is 367 g/mol. The molecule has 2 heteroatoms. The van der Waals surface area contributed by atoms with Crippen LogP contribution in [0.4, 0.5) is 5.69 Å². The fourth-order valence-corrected chi connectivity index (χ4v) is 3.43. The summed E-state index contributed by atoms with van der Waals surface area (Å²) in [7, 11) is 0. The monoisotopic (exact) mass is 367 g/mol. The van der Waals surface area contributed by atoms with Gasteiger partial charge in [0.2, 0.25) is 0 Å². The maximum absolute atomic E-state index is 2.53. The summed E-state index contributed by atoms with van der Waals surface area (Å²) in [6, 6.07) is 13.9. The lowest BCUT2D eigenvalue weighted by molar-refractivity contribution is 0.447. The first-order valence-electron chi connectivity index (χ1n) is 6.86. The Morgan fingerprint density at radius 2 is 1.79 bits per heavy atom. The molecule has 1 aliphatic heterocycles. The molecule has 0 fully saturated rings. The van der Waals surface area contributed by atoms with Crippen molar-refractivity contribution in [3.8, 4) is 0 Å². The first-order chi connectivity index (χ1) is 8.57. The first kappa shape index (κ1) is 14.6. The van der Waals surface area contributed by atoms with Gasteiger partial charge in [0.15, 0.2) is 0 Å². The molecule has 2 aromatic rings. The van der Waals surface area contributed by atoms with Crippen LogP contribution in [0.2, 0.25) is 0 Å². The summed E-state index contributed by atoms with van der Waals surface area (Å²) < 4.78 is 0. The van der Waals surface area contributed by atoms with Gasteiger partial charge in [0.1, 0.15) is 0 Å². The summed E-state index contributed by atoms with van der Waals surface area (Å²) in [6.45, 7) is 10.4. The third-order valence-corrected chi connectivity index (χ3v) is 4.71. The van der Waals surface area contributed by atoms with Crippen LogP contribution in [0.25, 0.3) is 10.8 Å². The van der Waals surface area contributed by atoms with E-state index in [0.717, 1.165) is 6.54 Å². The van der Waals surface area contributed by atoms with Crippen LogP contribution >= 0.6 is 24.0 Å². The lowest BCUT2D eigenvalue weighted by atomic mass is 9.79. The van der Waals surface area contributed by atoms with E-state index in [-0.39, 0.29) is 29.4 Å². The Morgan fingerprint density at radius 3 is 2.47 bits per heavy atom. The molecule has 0 N–H and O–H groups in total. The van der Waals surface area contributed by atoms with E-state index >= 15 is 0 Å². The lowest BCUT2D eigenvalue weighted by Crippen LogP contribution is -2.38. The number of rotatable bonds is 1. The van der Waals surface area contributed by atoms with Crippen molar-refractivity contribution >= 4 is 40.4 Å². The van der Waals surface area contributed by atoms with Gasteiger partial charge < -0.3 is 4.90 Å². The van der Waals surface area contributed by atoms with Gasteiger partial charge in [-0.05, 0) is 36.2 Å². The maximum Gasteiger partial charge on any atom is 0.0414 e. The predicted octanol–water partition coefficient (Wildman–Crippen LogP) is 4.96. The Bertz CT molecular complexity index is 603. The highest BCUT2D eigenvalue weighted by molar-refractivity contribution is 14.0. The van der Waals surface area contributed by atoms with Gasteiger partial charge in [-0.25, -0.2) is 0 Å². The number of halogens is 1. The summed E-state index contributed by atoms with van der Waals surface area (Å²) in [6.07, 6.45) is 0. The minimum atomic E-state index is 0. The smallest absolute Gasteiger partial charge is 0.0414 e. The molecule has 102 valence electrons. The fraction of sp³-hybridized carbons (Fsp3) is 0.412. The van der Waals surface area contributed by atoms with E-state index in [1.165, 1.54) is 22.0 Å². The van der Waals surface area contributed by atoms with Crippen molar-refractivity contribution in [3.63, 3.8) is 0 Å². The summed E-state index contributed by atoms with van der Waals surface area (Å²) in [5, 5.41) is 2.78. The van der Waals surface area contributed by atoms with Gasteiger partial charge >= 0.3 is 0 Å². The van der Waals surface area contributed by atoms with Crippen molar-refractivity contribution < 1.29 is 0 Å². The quantitative estimate of drug-likeness (QED) is 0.644. The standard InChI is InChI=1S/C17H21N.HI/c1-5-18-12(2)17(3,4)16-14-9-7-6-8-13(14)10-11-15(16)18;/h6-12H,5H2,1-4H3;1H. The zero-order valence-electron chi connectivity index (χ0n) is 12.1. The Kier molecular flexibility index (Phi) is 3.83. The molecule has 3 rings (SSSR count). The van der Waals surface area contributed by atoms with Crippen molar-refractivity contribution in [2.24, 2.45) is 0 Å². The van der Waals surface area contributed by atoms with E-state index in [2.05, 4.69) is 69.0 Å². The summed E-state index contributed by atoms with van der Waals surface area (Å²) in [5.41, 5.74) is 3.16. The van der Waals surface area contributed by atoms with Crippen LogP contribution in [0.15, 0.2) is 36.4 Å². The van der Waals surface area contributed by atoms with Crippen molar-refractivity contribution in [2.75, 3.05) is 11.4 Å². The molecule has 1 heterocycles. The number of hydrogen-bond donors (Lipinski definition) is 0. The molecule has 0 amide bonds. The van der Waals surface area contributed by atoms with Crippen molar-refractivity contribution in [2.45, 2.75) is 39.2 Å². The number of nitrogens with zero attached hydrogens (tertiary/aromatic N) is 1. The van der Waals surface area contributed by atoms with Gasteiger partial charge in [-0.3, -0.25) is 0 Å². The van der Waals surface area contributed by atoms with Gasteiger partial charge in [-0.2, -0.15) is 0 Å². The van der Waals surface area contributed by atoms with E-state index in [1.807, 2.05) is 0 Å². The second-order valence-corrected chi connectivity index (χ2v) is 5.86. The largest absolute Gasteiger partial charge is 0.368 e. The molecular weight excluding hydrogens is 345 g/mol. The van der Waals surface area contributed by atoms with Crippen molar-refractivity contribution in [1.82, 2.24) is 0 Å². The SMILES string of the molecule is CCN1c2ccc3ccccc3c2C(C)(C)C1C.I. The average Bonchev–Trinajstić information content (AvgIpc) is 2.57. The number of likely N-dealkylation sites (N-methyl/N-ethyl adjacent to an activating group) is 1. The van der Waals surface area contributed by atoms with Crippen LogP contribution in [0.5, 0.6) is 0 Å². The molecule has 1 aliphatic rings. The van der Waals surface area contributed by atoms with E-state index in [9.17, 15) is 0 Å². The molecule has 0 saturated heterocycles. The topological polar surface area (TPSA) is 3.24 Å². The second kappa shape index (κ2) is 4.97. The Hall–Kier alpha value is -0.770. The zero-order valence-corrected chi connectivity index (χ0v) is 14.4. The molecular formula is C17H22IN. The molecule has 0 radical (unpaired) electrons. The van der Waals surface area contributed by atoms with E-state index in [0.29, 0.717) is 6.04 Å². The molecule has 0 spiro atoms. The minimum absolute atomic E-state index is 0. The Morgan fingerprint density at radius 1 is 1.11 bits per heavy atom. The molecule has 1 nitrogen and oxygen atoms in total. The van der Waals surface area contributed by atoms with Gasteiger partial charge in [0.25, 0.3) is 0 Å².